The molecule has 3 aromatic carbocycles. The molecule has 13 heteroatoms. The van der Waals surface area contributed by atoms with Gasteiger partial charge in [0.2, 0.25) is 0 Å². The molecule has 2 heterocycles. The van der Waals surface area contributed by atoms with Crippen LogP contribution in [0.1, 0.15) is 16.7 Å². The van der Waals surface area contributed by atoms with Crippen molar-refractivity contribution >= 4 is 28.3 Å². The van der Waals surface area contributed by atoms with Crippen molar-refractivity contribution in [2.24, 2.45) is 0 Å². The van der Waals surface area contributed by atoms with Crippen LogP contribution < -0.4 is 10.1 Å². The van der Waals surface area contributed by atoms with E-state index in [2.05, 4.69) is 39.6 Å². The summed E-state index contributed by atoms with van der Waals surface area (Å²) in [5.74, 6) is -1.35. The predicted molar refractivity (Wildman–Crippen MR) is 147 cm³/mol. The van der Waals surface area contributed by atoms with Gasteiger partial charge in [0.15, 0.2) is 0 Å². The molecule has 0 aliphatic carbocycles. The Kier molecular flexibility index (Phi) is 9.22. The van der Waals surface area contributed by atoms with Crippen molar-refractivity contribution in [3.05, 3.63) is 95.6 Å². The molecule has 0 bridgehead atoms. The number of hydrogen-bond donors (Lipinski definition) is 3. The molecule has 0 aliphatic rings. The number of carboxylic acids is 1. The third-order valence-electron chi connectivity index (χ3n) is 5.95. The maximum Gasteiger partial charge on any atom is 0.490 e. The number of aliphatic carboxylic acids is 1. The van der Waals surface area contributed by atoms with E-state index in [0.29, 0.717) is 16.9 Å². The number of methoxy groups -OCH3 is 1. The number of aromatic nitrogens is 2. The van der Waals surface area contributed by atoms with E-state index < -0.39 is 23.9 Å². The highest BCUT2D eigenvalue weighted by atomic mass is 32.1. The number of hydrogen-bond acceptors (Lipinski definition) is 5. The van der Waals surface area contributed by atoms with Gasteiger partial charge in [0.25, 0.3) is 0 Å². The van der Waals surface area contributed by atoms with E-state index in [-0.39, 0.29) is 0 Å². The fourth-order valence-corrected chi connectivity index (χ4v) is 4.76. The number of thiophene rings is 1. The van der Waals surface area contributed by atoms with E-state index in [9.17, 15) is 26.3 Å². The Morgan fingerprint density at radius 1 is 0.881 bits per heavy atom. The largest absolute Gasteiger partial charge is 0.497 e. The molecule has 0 atom stereocenters. The van der Waals surface area contributed by atoms with Gasteiger partial charge in [-0.1, -0.05) is 36.4 Å². The normalized spacial score (nSPS) is 11.7. The first-order chi connectivity index (χ1) is 19.8. The number of aromatic amines is 1. The average molecular weight is 608 g/mol. The molecule has 3 N–H and O–H groups in total. The zero-order chi connectivity index (χ0) is 30.5. The number of H-pyrrole nitrogens is 1. The lowest BCUT2D eigenvalue weighted by Gasteiger charge is -2.07. The highest BCUT2D eigenvalue weighted by molar-refractivity contribution is 7.18. The first kappa shape index (κ1) is 30.6. The number of nitrogens with zero attached hydrogens (tertiary/aromatic N) is 1. The van der Waals surface area contributed by atoms with E-state index in [1.165, 1.54) is 17.2 Å². The predicted octanol–water partition coefficient (Wildman–Crippen LogP) is 7.91. The van der Waals surface area contributed by atoms with Gasteiger partial charge in [0, 0.05) is 18.0 Å². The number of ether oxygens (including phenoxy) is 1. The Morgan fingerprint density at radius 2 is 1.45 bits per heavy atom. The van der Waals surface area contributed by atoms with Gasteiger partial charge in [-0.2, -0.15) is 26.3 Å². The molecule has 0 saturated carbocycles. The van der Waals surface area contributed by atoms with Crippen LogP contribution in [0.5, 0.6) is 5.75 Å². The van der Waals surface area contributed by atoms with Gasteiger partial charge in [0.05, 0.1) is 28.6 Å². The van der Waals surface area contributed by atoms with Gasteiger partial charge in [0.1, 0.15) is 11.6 Å². The van der Waals surface area contributed by atoms with Crippen molar-refractivity contribution < 1.29 is 41.0 Å². The summed E-state index contributed by atoms with van der Waals surface area (Å²) in [5.41, 5.74) is 3.64. The summed E-state index contributed by atoms with van der Waals surface area (Å²) in [7, 11) is 1.66. The second kappa shape index (κ2) is 12.7. The maximum atomic E-state index is 13.0. The van der Waals surface area contributed by atoms with Crippen LogP contribution in [-0.4, -0.2) is 34.3 Å². The lowest BCUT2D eigenvalue weighted by atomic mass is 10.1. The lowest BCUT2D eigenvalue weighted by Crippen LogP contribution is -2.21. The number of imidazole rings is 1. The number of fused-ring (bicyclic) bond motifs is 1. The van der Waals surface area contributed by atoms with Crippen molar-refractivity contribution in [2.45, 2.75) is 25.4 Å². The monoisotopic (exact) mass is 607 g/mol. The second-order valence-electron chi connectivity index (χ2n) is 8.93. The van der Waals surface area contributed by atoms with Crippen LogP contribution in [0.15, 0.2) is 78.9 Å². The minimum atomic E-state index is -5.08. The Balaban J connectivity index is 0.000000517. The summed E-state index contributed by atoms with van der Waals surface area (Å²) in [6.45, 7) is 1.52. The zero-order valence-electron chi connectivity index (χ0n) is 21.8. The van der Waals surface area contributed by atoms with Gasteiger partial charge < -0.3 is 20.1 Å². The molecular weight excluding hydrogens is 584 g/mol. The van der Waals surface area contributed by atoms with Crippen molar-refractivity contribution in [2.75, 3.05) is 7.11 Å². The number of carboxylic acid groups (broad SMARTS) is 1. The Morgan fingerprint density at radius 3 is 2.00 bits per heavy atom. The Hall–Kier alpha value is -4.36. The number of carbonyl (C=O) groups is 1. The van der Waals surface area contributed by atoms with E-state index in [1.807, 2.05) is 36.4 Å². The third-order valence-corrected chi connectivity index (χ3v) is 7.09. The van der Waals surface area contributed by atoms with E-state index in [1.54, 1.807) is 18.4 Å². The standard InChI is InChI=1S/C27H22F3N3OS.C2HF3O2/c1-34-21-9-4-18(5-10-21)16-31-15-17-2-6-19(7-3-17)24-12-13-25(35-24)26-32-22-11-8-20(27(28,29)30)14-23(22)33-26;3-2(4,5)1(6)7/h2-14,31H,15-16H2,1H3,(H,32,33);(H,6,7). The van der Waals surface area contributed by atoms with Gasteiger partial charge in [-0.3, -0.25) is 0 Å². The van der Waals surface area contributed by atoms with Crippen molar-refractivity contribution in [3.63, 3.8) is 0 Å². The molecular formula is C29H23F6N3O3S. The molecule has 6 nitrogen and oxygen atoms in total. The van der Waals surface area contributed by atoms with Crippen LogP contribution in [0, 0.1) is 0 Å². The lowest BCUT2D eigenvalue weighted by molar-refractivity contribution is -0.192. The van der Waals surface area contributed by atoms with E-state index >= 15 is 0 Å². The number of benzene rings is 3. The maximum absolute atomic E-state index is 13.0. The van der Waals surface area contributed by atoms with Crippen molar-refractivity contribution in [3.8, 4) is 26.9 Å². The van der Waals surface area contributed by atoms with Gasteiger partial charge >= 0.3 is 18.3 Å². The molecule has 42 heavy (non-hydrogen) atoms. The molecule has 5 rings (SSSR count). The number of alkyl halides is 6. The highest BCUT2D eigenvalue weighted by Crippen LogP contribution is 2.35. The average Bonchev–Trinajstić information content (AvgIpc) is 3.60. The molecule has 0 saturated heterocycles. The minimum Gasteiger partial charge on any atom is -0.497 e. The summed E-state index contributed by atoms with van der Waals surface area (Å²) in [6.07, 6.45) is -9.47. The molecule has 220 valence electrons. The highest BCUT2D eigenvalue weighted by Gasteiger charge is 2.38. The quantitative estimate of drug-likeness (QED) is 0.164. The summed E-state index contributed by atoms with van der Waals surface area (Å²) in [6, 6.07) is 23.8. The number of halogens is 6. The fourth-order valence-electron chi connectivity index (χ4n) is 3.80. The van der Waals surface area contributed by atoms with Gasteiger partial charge in [-0.25, -0.2) is 9.78 Å². The smallest absolute Gasteiger partial charge is 0.490 e. The van der Waals surface area contributed by atoms with Crippen LogP contribution >= 0.6 is 11.3 Å². The first-order valence-corrected chi connectivity index (χ1v) is 13.1. The molecule has 0 amide bonds. The Bertz CT molecular complexity index is 1640. The molecule has 0 radical (unpaired) electrons. The summed E-state index contributed by atoms with van der Waals surface area (Å²) in [4.78, 5) is 18.3. The first-order valence-electron chi connectivity index (χ1n) is 12.2. The van der Waals surface area contributed by atoms with Gasteiger partial charge in [-0.05, 0) is 59.2 Å². The SMILES string of the molecule is COc1ccc(CNCc2ccc(-c3ccc(-c4nc5ccc(C(F)(F)F)cc5[nH]4)s3)cc2)cc1.O=C(O)C(F)(F)F. The molecule has 0 fully saturated rings. The topological polar surface area (TPSA) is 87.2 Å². The van der Waals surface area contributed by atoms with Crippen LogP contribution in [0.2, 0.25) is 0 Å². The number of nitrogens with one attached hydrogen (secondary N) is 2. The summed E-state index contributed by atoms with van der Waals surface area (Å²) >= 11 is 1.55. The molecule has 0 spiro atoms. The summed E-state index contributed by atoms with van der Waals surface area (Å²) in [5, 5.41) is 10.6. The molecule has 2 aromatic heterocycles. The molecule has 0 aliphatic heterocycles. The third kappa shape index (κ3) is 7.89. The van der Waals surface area contributed by atoms with Crippen molar-refractivity contribution in [1.82, 2.24) is 15.3 Å². The van der Waals surface area contributed by atoms with Gasteiger partial charge in [-0.15, -0.1) is 11.3 Å². The Labute approximate surface area is 239 Å². The van der Waals surface area contributed by atoms with Crippen LogP contribution in [0.3, 0.4) is 0 Å². The van der Waals surface area contributed by atoms with E-state index in [4.69, 9.17) is 14.6 Å². The van der Waals surface area contributed by atoms with Crippen LogP contribution in [-0.2, 0) is 24.1 Å². The minimum absolute atomic E-state index is 0.372. The van der Waals surface area contributed by atoms with Crippen LogP contribution in [0.4, 0.5) is 26.3 Å². The zero-order valence-corrected chi connectivity index (χ0v) is 22.6. The summed E-state index contributed by atoms with van der Waals surface area (Å²) < 4.78 is 75.9. The van der Waals surface area contributed by atoms with Crippen molar-refractivity contribution in [1.29, 1.82) is 0 Å². The fraction of sp³-hybridized carbons (Fsp3) is 0.172. The molecule has 0 unspecified atom stereocenters. The van der Waals surface area contributed by atoms with Crippen LogP contribution in [0.25, 0.3) is 32.2 Å². The molecule has 5 aromatic rings. The second-order valence-corrected chi connectivity index (χ2v) is 10.0. The number of rotatable bonds is 7. The van der Waals surface area contributed by atoms with E-state index in [0.717, 1.165) is 46.3 Å².